The van der Waals surface area contributed by atoms with Gasteiger partial charge < -0.3 is 9.40 Å². The Hall–Kier alpha value is -3.39. The second kappa shape index (κ2) is 6.65. The number of hydrogen-bond donors (Lipinski definition) is 1. The molecule has 0 unspecified atom stereocenters. The summed E-state index contributed by atoms with van der Waals surface area (Å²) in [5, 5.41) is 5.68. The topological polar surface area (TPSA) is 89.6 Å². The largest absolute Gasteiger partial charge is 0.440 e. The zero-order valence-corrected chi connectivity index (χ0v) is 15.7. The fourth-order valence-corrected chi connectivity index (χ4v) is 3.90. The van der Waals surface area contributed by atoms with Crippen molar-refractivity contribution in [2.75, 3.05) is 0 Å². The third-order valence-electron chi connectivity index (χ3n) is 4.36. The highest BCUT2D eigenvalue weighted by atomic mass is 32.2. The van der Waals surface area contributed by atoms with E-state index in [1.54, 1.807) is 4.68 Å². The summed E-state index contributed by atoms with van der Waals surface area (Å²) in [5.41, 5.74) is 3.84. The van der Waals surface area contributed by atoms with Crippen LogP contribution in [0, 0.1) is 6.92 Å². The Morgan fingerprint density at radius 2 is 2.04 bits per heavy atom. The molecule has 0 radical (unpaired) electrons. The molecule has 0 spiro atoms. The Morgan fingerprint density at radius 3 is 2.89 bits per heavy atom. The normalized spacial score (nSPS) is 11.5. The van der Waals surface area contributed by atoms with E-state index in [1.165, 1.54) is 18.1 Å². The highest BCUT2D eigenvalue weighted by molar-refractivity contribution is 7.98. The first kappa shape index (κ1) is 16.8. The average Bonchev–Trinajstić information content (AvgIpc) is 3.28. The predicted octanol–water partition coefficient (Wildman–Crippen LogP) is 3.85. The first-order chi connectivity index (χ1) is 13.7. The van der Waals surface area contributed by atoms with Crippen LogP contribution in [0.25, 0.3) is 27.8 Å². The third kappa shape index (κ3) is 2.87. The van der Waals surface area contributed by atoms with Crippen molar-refractivity contribution >= 4 is 33.9 Å². The van der Waals surface area contributed by atoms with Crippen LogP contribution in [0.3, 0.4) is 0 Å². The van der Waals surface area contributed by atoms with Crippen LogP contribution in [-0.4, -0.2) is 24.7 Å². The maximum absolute atomic E-state index is 12.4. The number of para-hydroxylation sites is 1. The van der Waals surface area contributed by atoms with Crippen LogP contribution in [0.2, 0.25) is 0 Å². The van der Waals surface area contributed by atoms with Crippen molar-refractivity contribution in [2.24, 2.45) is 0 Å². The molecule has 0 fully saturated rings. The molecule has 28 heavy (non-hydrogen) atoms. The summed E-state index contributed by atoms with van der Waals surface area (Å²) >= 11 is 1.40. The molecule has 1 N–H and O–H groups in total. The molecule has 0 amide bonds. The summed E-state index contributed by atoms with van der Waals surface area (Å²) < 4.78 is 7.52. The molecular formula is C20H15N5O2S. The highest BCUT2D eigenvalue weighted by Crippen LogP contribution is 2.29. The van der Waals surface area contributed by atoms with Gasteiger partial charge in [0.25, 0.3) is 5.56 Å². The van der Waals surface area contributed by atoms with Gasteiger partial charge in [-0.1, -0.05) is 36.0 Å². The van der Waals surface area contributed by atoms with Gasteiger partial charge in [0, 0.05) is 0 Å². The molecule has 3 heterocycles. The Kier molecular flexibility index (Phi) is 3.98. The number of nitrogens with zero attached hydrogens (tertiary/aromatic N) is 4. The molecule has 138 valence electrons. The van der Waals surface area contributed by atoms with E-state index in [-0.39, 0.29) is 5.56 Å². The first-order valence-electron chi connectivity index (χ1n) is 8.70. The van der Waals surface area contributed by atoms with Crippen LogP contribution < -0.4 is 5.56 Å². The zero-order chi connectivity index (χ0) is 19.1. The van der Waals surface area contributed by atoms with E-state index in [1.807, 2.05) is 55.5 Å². The molecule has 8 heteroatoms. The standard InChI is InChI=1S/C20H15N5O2S/c1-12-7-8-14-15(9-12)27-16(23-14)10-28-20-17-18(21-11-22-19(17)26)25(24-20)13-5-3-2-4-6-13/h2-9,11H,10H2,1H3,(H,21,22,26). The molecule has 0 aliphatic carbocycles. The van der Waals surface area contributed by atoms with E-state index in [0.717, 1.165) is 22.4 Å². The predicted molar refractivity (Wildman–Crippen MR) is 108 cm³/mol. The average molecular weight is 389 g/mol. The monoisotopic (exact) mass is 389 g/mol. The molecule has 5 aromatic rings. The minimum Gasteiger partial charge on any atom is -0.440 e. The molecule has 0 saturated heterocycles. The van der Waals surface area contributed by atoms with Crippen LogP contribution >= 0.6 is 11.8 Å². The van der Waals surface area contributed by atoms with Crippen molar-refractivity contribution in [1.82, 2.24) is 24.7 Å². The quantitative estimate of drug-likeness (QED) is 0.470. The number of hydrogen-bond acceptors (Lipinski definition) is 6. The summed E-state index contributed by atoms with van der Waals surface area (Å²) in [4.78, 5) is 23.9. The lowest BCUT2D eigenvalue weighted by Gasteiger charge is -2.00. The number of aryl methyl sites for hydroxylation is 1. The Balaban J connectivity index is 1.54. The van der Waals surface area contributed by atoms with Crippen molar-refractivity contribution in [1.29, 1.82) is 0 Å². The van der Waals surface area contributed by atoms with Crippen molar-refractivity contribution in [3.05, 3.63) is 76.7 Å². The molecule has 7 nitrogen and oxygen atoms in total. The van der Waals surface area contributed by atoms with Gasteiger partial charge in [-0.15, -0.1) is 0 Å². The molecule has 2 aromatic carbocycles. The second-order valence-corrected chi connectivity index (χ2v) is 7.31. The number of rotatable bonds is 4. The maximum Gasteiger partial charge on any atom is 0.263 e. The molecule has 3 aromatic heterocycles. The van der Waals surface area contributed by atoms with Gasteiger partial charge in [0.05, 0.1) is 17.8 Å². The Morgan fingerprint density at radius 1 is 1.18 bits per heavy atom. The van der Waals surface area contributed by atoms with Gasteiger partial charge >= 0.3 is 0 Å². The number of oxazole rings is 1. The smallest absolute Gasteiger partial charge is 0.263 e. The van der Waals surface area contributed by atoms with E-state index in [0.29, 0.717) is 27.7 Å². The van der Waals surface area contributed by atoms with Crippen LogP contribution in [0.1, 0.15) is 11.5 Å². The lowest BCUT2D eigenvalue weighted by Crippen LogP contribution is -2.07. The number of H-pyrrole nitrogens is 1. The SMILES string of the molecule is Cc1ccc2nc(CSc3nn(-c4ccccc4)c4nc[nH]c(=O)c34)oc2c1. The Bertz CT molecular complexity index is 1350. The van der Waals surface area contributed by atoms with Gasteiger partial charge in [-0.3, -0.25) is 4.79 Å². The van der Waals surface area contributed by atoms with Crippen LogP contribution in [0.4, 0.5) is 0 Å². The molecule has 0 aliphatic heterocycles. The second-order valence-electron chi connectivity index (χ2n) is 6.35. The zero-order valence-electron chi connectivity index (χ0n) is 14.9. The van der Waals surface area contributed by atoms with Gasteiger partial charge in [-0.25, -0.2) is 14.6 Å². The maximum atomic E-state index is 12.4. The molecular weight excluding hydrogens is 374 g/mol. The number of benzene rings is 2. The van der Waals surface area contributed by atoms with Crippen LogP contribution in [-0.2, 0) is 5.75 Å². The number of thioether (sulfide) groups is 1. The van der Waals surface area contributed by atoms with Crippen LogP contribution in [0.15, 0.2) is 69.1 Å². The number of aromatic amines is 1. The minimum absolute atomic E-state index is 0.220. The summed E-state index contributed by atoms with van der Waals surface area (Å²) in [7, 11) is 0. The van der Waals surface area contributed by atoms with Gasteiger partial charge in [-0.2, -0.15) is 5.10 Å². The van der Waals surface area contributed by atoms with E-state index >= 15 is 0 Å². The Labute approximate surface area is 163 Å². The number of nitrogens with one attached hydrogen (secondary N) is 1. The molecule has 0 aliphatic rings. The third-order valence-corrected chi connectivity index (χ3v) is 5.31. The molecule has 0 saturated carbocycles. The lowest BCUT2D eigenvalue weighted by molar-refractivity contribution is 0.556. The van der Waals surface area contributed by atoms with Crippen LogP contribution in [0.5, 0.6) is 0 Å². The fraction of sp³-hybridized carbons (Fsp3) is 0.100. The number of aromatic nitrogens is 5. The number of fused-ring (bicyclic) bond motifs is 2. The van der Waals surface area contributed by atoms with Crippen molar-refractivity contribution in [2.45, 2.75) is 17.7 Å². The van der Waals surface area contributed by atoms with E-state index in [9.17, 15) is 4.79 Å². The van der Waals surface area contributed by atoms with Crippen molar-refractivity contribution in [3.63, 3.8) is 0 Å². The fourth-order valence-electron chi connectivity index (χ4n) is 3.05. The molecule has 5 rings (SSSR count). The van der Waals surface area contributed by atoms with Gasteiger partial charge in [0.1, 0.15) is 15.9 Å². The van der Waals surface area contributed by atoms with E-state index in [2.05, 4.69) is 20.1 Å². The minimum atomic E-state index is -0.220. The first-order valence-corrected chi connectivity index (χ1v) is 9.68. The van der Waals surface area contributed by atoms with E-state index in [4.69, 9.17) is 4.42 Å². The molecule has 0 atom stereocenters. The van der Waals surface area contributed by atoms with Gasteiger partial charge in [0.15, 0.2) is 11.2 Å². The lowest BCUT2D eigenvalue weighted by atomic mass is 10.2. The summed E-state index contributed by atoms with van der Waals surface area (Å²) in [6.45, 7) is 2.01. The van der Waals surface area contributed by atoms with Gasteiger partial charge in [0.2, 0.25) is 5.89 Å². The van der Waals surface area contributed by atoms with Crippen molar-refractivity contribution in [3.8, 4) is 5.69 Å². The van der Waals surface area contributed by atoms with Crippen molar-refractivity contribution < 1.29 is 4.42 Å². The summed E-state index contributed by atoms with van der Waals surface area (Å²) in [6, 6.07) is 15.5. The van der Waals surface area contributed by atoms with Gasteiger partial charge in [-0.05, 0) is 36.8 Å². The highest BCUT2D eigenvalue weighted by Gasteiger charge is 2.18. The summed E-state index contributed by atoms with van der Waals surface area (Å²) in [5.74, 6) is 1.05. The summed E-state index contributed by atoms with van der Waals surface area (Å²) in [6.07, 6.45) is 1.39. The molecule has 0 bridgehead atoms. The van der Waals surface area contributed by atoms with E-state index < -0.39 is 0 Å².